The van der Waals surface area contributed by atoms with Crippen LogP contribution in [0.5, 0.6) is 0 Å². The van der Waals surface area contributed by atoms with Crippen molar-refractivity contribution in [2.45, 2.75) is 77.5 Å². The lowest BCUT2D eigenvalue weighted by Crippen LogP contribution is -2.53. The van der Waals surface area contributed by atoms with E-state index < -0.39 is 122 Å². The number of nitro groups is 4. The standard InChI is InChI=1S/C13H13N9O7.C9H8N8O8.C4H7N9O.C3H4N8O4.2C3H2O2.3CH4/c23-10(24)7-1-20(17-14-7)4-13(29,5-21-2-8(11(25)26)15-18-21)6-22-3-9(12(27)28)16-19-22;18-7(19)5-1-14(12-10-5)3-9(16(22)23,17(24)25)4-15-2-6(8(20)21)11-13-15;5-11-8-1-4(14,2-9-12-6)3-10-13-7;4-8-6-1-3(10(12)13,11(14)15)2-7-9-5;2*1-2-3(4)5;;;/h1-3,29H,4-6H2,(H,23,24)(H,25,26)(H,27,28);1-2H,3-4H2,(H,18,19)(H,20,21);14H,1-3H2;1-2H2;2*1H,(H,4,5);3*1H4. The number of azide groups is 5. The highest BCUT2D eigenvalue weighted by atomic mass is 16.7. The number of aromatic carboxylic acids is 5. The number of carboxylic acid groups (broad SMARTS) is 7. The van der Waals surface area contributed by atoms with E-state index in [1.165, 1.54) is 11.8 Å². The number of aromatic nitrogens is 15. The predicted molar refractivity (Wildman–Crippen MR) is 301 cm³/mol. The fourth-order valence-corrected chi connectivity index (χ4v) is 5.57. The fourth-order valence-electron chi connectivity index (χ4n) is 5.57. The molecule has 0 aromatic carbocycles. The first-order chi connectivity index (χ1) is 43.5. The summed E-state index contributed by atoms with van der Waals surface area (Å²) < 4.78 is 4.45. The molecule has 0 saturated heterocycles. The van der Waals surface area contributed by atoms with Crippen molar-refractivity contribution >= 4 is 41.8 Å². The maximum atomic E-state index is 11.4. The maximum absolute atomic E-state index is 11.4. The van der Waals surface area contributed by atoms with Gasteiger partial charge >= 0.3 is 53.1 Å². The Morgan fingerprint density at radius 2 is 0.594 bits per heavy atom. The van der Waals surface area contributed by atoms with Gasteiger partial charge in [-0.3, -0.25) is 40.5 Å². The van der Waals surface area contributed by atoms with Gasteiger partial charge in [0.15, 0.2) is 54.6 Å². The number of terminal acetylenes is 2. The summed E-state index contributed by atoms with van der Waals surface area (Å²) in [5.74, 6) is -6.43. The Bertz CT molecular complexity index is 3580. The molecule has 0 aliphatic carbocycles. The van der Waals surface area contributed by atoms with Gasteiger partial charge in [-0.25, -0.2) is 57.0 Å². The fraction of sp³-hybridized carbons (Fsp3) is 0.447. The average molecular weight is 1370 g/mol. The highest BCUT2D eigenvalue weighted by molar-refractivity contribution is 5.87. The van der Waals surface area contributed by atoms with Crippen LogP contribution < -0.4 is 0 Å². The SMILES string of the molecule is C.C.C.C#CC(=O)O.C#CC(=O)O.O=C(O)c1cn(CC(Cn2cc(C(=O)O)nn2)([N+](=O)[O-])[N+](=O)[O-])nn1.O=C(O)c1cn(CC(O)(Cn2cc(C(=O)O)nn2)Cn2cc(C(=O)O)nn2)nn1.[N-]=[N+]=NCC(CN=[N+]=[N-])([N+](=O)[O-])[N+](=O)[O-].[N-]=[N+]=NCC(O)(CN=[N+]=[N-])CN=[N+]=[N-]. The normalized spacial score (nSPS) is 10.3. The summed E-state index contributed by atoms with van der Waals surface area (Å²) in [5, 5.41) is 173. The van der Waals surface area contributed by atoms with Crippen molar-refractivity contribution in [3.05, 3.63) is 152 Å². The number of rotatable bonds is 29. The molecule has 5 aromatic heterocycles. The quantitative estimate of drug-likeness (QED) is 0.00566. The van der Waals surface area contributed by atoms with E-state index >= 15 is 0 Å². The zero-order valence-corrected chi connectivity index (χ0v) is 45.5. The molecular formula is C38H48N34O24. The molecule has 0 radical (unpaired) electrons. The van der Waals surface area contributed by atoms with E-state index in [2.05, 4.69) is 115 Å². The summed E-state index contributed by atoms with van der Waals surface area (Å²) in [4.78, 5) is 123. The molecule has 58 heteroatoms. The highest BCUT2D eigenvalue weighted by Gasteiger charge is 2.58. The van der Waals surface area contributed by atoms with Gasteiger partial charge in [0.05, 0.1) is 85.7 Å². The molecule has 0 aliphatic heterocycles. The summed E-state index contributed by atoms with van der Waals surface area (Å²) in [6, 6.07) is 0. The van der Waals surface area contributed by atoms with Crippen LogP contribution in [0, 0.1) is 65.1 Å². The van der Waals surface area contributed by atoms with Gasteiger partial charge in [0.1, 0.15) is 15.4 Å². The van der Waals surface area contributed by atoms with Crippen LogP contribution in [0.3, 0.4) is 0 Å². The predicted octanol–water partition coefficient (Wildman–Crippen LogP) is -0.275. The smallest absolute Gasteiger partial charge is 0.476 e. The third kappa shape index (κ3) is 29.5. The molecule has 0 spiro atoms. The number of hydrogen-bond acceptors (Lipinski definition) is 32. The van der Waals surface area contributed by atoms with Crippen LogP contribution in [0.25, 0.3) is 52.2 Å². The second-order valence-corrected chi connectivity index (χ2v) is 16.3. The molecule has 0 bridgehead atoms. The molecule has 9 N–H and O–H groups in total. The van der Waals surface area contributed by atoms with Crippen molar-refractivity contribution < 1.29 is 99.2 Å². The van der Waals surface area contributed by atoms with Crippen LogP contribution in [0.1, 0.15) is 74.7 Å². The molecule has 5 aromatic rings. The van der Waals surface area contributed by atoms with Crippen molar-refractivity contribution in [2.75, 3.05) is 32.7 Å². The second-order valence-electron chi connectivity index (χ2n) is 16.3. The van der Waals surface area contributed by atoms with Gasteiger partial charge in [-0.15, -0.1) is 38.3 Å². The summed E-state index contributed by atoms with van der Waals surface area (Å²) >= 11 is 0. The molecule has 5 heterocycles. The Kier molecular flexibility index (Phi) is 38.5. The summed E-state index contributed by atoms with van der Waals surface area (Å²) in [6.45, 7) is -5.88. The lowest BCUT2D eigenvalue weighted by molar-refractivity contribution is -0.801. The van der Waals surface area contributed by atoms with Crippen molar-refractivity contribution in [3.63, 3.8) is 0 Å². The molecule has 96 heavy (non-hydrogen) atoms. The Morgan fingerprint density at radius 1 is 0.406 bits per heavy atom. The first kappa shape index (κ1) is 87.6. The van der Waals surface area contributed by atoms with Crippen molar-refractivity contribution in [3.8, 4) is 24.7 Å². The minimum atomic E-state index is -2.91. The van der Waals surface area contributed by atoms with Crippen LogP contribution in [-0.2, 0) is 42.3 Å². The lowest BCUT2D eigenvalue weighted by Gasteiger charge is -2.27. The van der Waals surface area contributed by atoms with Gasteiger partial charge in [-0.2, -0.15) is 0 Å². The number of aliphatic carboxylic acids is 2. The maximum Gasteiger partial charge on any atom is 0.496 e. The molecule has 514 valence electrons. The van der Waals surface area contributed by atoms with Gasteiger partial charge < -0.3 is 46.0 Å². The zero-order valence-electron chi connectivity index (χ0n) is 45.5. The van der Waals surface area contributed by atoms with E-state index in [4.69, 9.17) is 73.0 Å². The van der Waals surface area contributed by atoms with E-state index in [0.717, 1.165) is 45.0 Å². The Labute approximate surface area is 527 Å². The molecule has 5 rings (SSSR count). The summed E-state index contributed by atoms with van der Waals surface area (Å²) in [5.41, 5.74) is 28.7. The number of aliphatic hydroxyl groups is 2. The number of nitrogens with zero attached hydrogens (tertiary/aromatic N) is 34. The van der Waals surface area contributed by atoms with Gasteiger partial charge in [0, 0.05) is 36.4 Å². The molecular weight excluding hydrogens is 1320 g/mol. The number of carboxylic acids is 7. The van der Waals surface area contributed by atoms with Gasteiger partial charge in [0.25, 0.3) is 0 Å². The minimum absolute atomic E-state index is 0. The van der Waals surface area contributed by atoms with Crippen LogP contribution in [0.4, 0.5) is 0 Å². The lowest BCUT2D eigenvalue weighted by atomic mass is 10.0. The Balaban J connectivity index is -0.000000574. The topological polar surface area (TPSA) is 871 Å². The Morgan fingerprint density at radius 3 is 0.750 bits per heavy atom. The largest absolute Gasteiger partial charge is 0.496 e. The molecule has 0 fully saturated rings. The average Bonchev–Trinajstić information content (AvgIpc) is 1.76. The number of carbonyl (C=O) groups is 7. The van der Waals surface area contributed by atoms with Crippen LogP contribution in [0.2, 0.25) is 0 Å². The van der Waals surface area contributed by atoms with Crippen LogP contribution in [0.15, 0.2) is 56.6 Å². The van der Waals surface area contributed by atoms with E-state index in [-0.39, 0.29) is 78.6 Å². The third-order valence-electron chi connectivity index (χ3n) is 9.65. The van der Waals surface area contributed by atoms with Gasteiger partial charge in [-0.05, 0) is 27.7 Å². The van der Waals surface area contributed by atoms with Gasteiger partial charge in [-0.1, -0.05) is 73.9 Å². The molecule has 0 saturated carbocycles. The van der Waals surface area contributed by atoms with E-state index in [0.29, 0.717) is 9.36 Å². The van der Waals surface area contributed by atoms with E-state index in [1.807, 2.05) is 0 Å². The van der Waals surface area contributed by atoms with Crippen LogP contribution in [-0.4, -0.2) is 238 Å². The van der Waals surface area contributed by atoms with Gasteiger partial charge in [0.2, 0.25) is 0 Å². The van der Waals surface area contributed by atoms with E-state index in [9.17, 15) is 74.6 Å². The van der Waals surface area contributed by atoms with Crippen molar-refractivity contribution in [2.24, 2.45) is 25.6 Å². The first-order valence-corrected chi connectivity index (χ1v) is 22.7. The molecule has 0 amide bonds. The highest BCUT2D eigenvalue weighted by Crippen LogP contribution is 2.19. The third-order valence-corrected chi connectivity index (χ3v) is 9.65. The molecule has 0 aliphatic rings. The second kappa shape index (κ2) is 42.2. The summed E-state index contributed by atoms with van der Waals surface area (Å²) in [7, 11) is 0. The molecule has 0 unspecified atom stereocenters. The van der Waals surface area contributed by atoms with Crippen LogP contribution >= 0.6 is 0 Å². The molecule has 0 atom stereocenters. The van der Waals surface area contributed by atoms with E-state index in [1.54, 1.807) is 0 Å². The molecule has 58 nitrogen and oxygen atoms in total. The van der Waals surface area contributed by atoms with Crippen molar-refractivity contribution in [1.29, 1.82) is 0 Å². The minimum Gasteiger partial charge on any atom is -0.476 e. The number of hydrogen-bond donors (Lipinski definition) is 9. The van der Waals surface area contributed by atoms with Crippen molar-refractivity contribution in [1.82, 2.24) is 75.0 Å². The summed E-state index contributed by atoms with van der Waals surface area (Å²) in [6.07, 6.45) is 13.5. The first-order valence-electron chi connectivity index (χ1n) is 22.7. The Hall–Kier alpha value is -14.8. The monoisotopic (exact) mass is 1360 g/mol. The zero-order chi connectivity index (χ0) is 71.3.